The first-order valence-electron chi connectivity index (χ1n) is 8.47. The Morgan fingerprint density at radius 3 is 2.69 bits per heavy atom. The maximum Gasteiger partial charge on any atom is 0.338 e. The summed E-state index contributed by atoms with van der Waals surface area (Å²) < 4.78 is 6.01. The van der Waals surface area contributed by atoms with Crippen LogP contribution in [0.1, 0.15) is 42.1 Å². The Morgan fingerprint density at radius 1 is 1.19 bits per heavy atom. The minimum atomic E-state index is -0.525. The highest BCUT2D eigenvalue weighted by Gasteiger charge is 2.12. The highest BCUT2D eigenvalue weighted by atomic mass is 32.1. The van der Waals surface area contributed by atoms with Crippen molar-refractivity contribution in [3.63, 3.8) is 0 Å². The topological polar surface area (TPSA) is 68.3 Å². The lowest BCUT2D eigenvalue weighted by atomic mass is 9.99. The van der Waals surface area contributed by atoms with E-state index in [4.69, 9.17) is 4.74 Å². The molecule has 0 fully saturated rings. The van der Waals surface area contributed by atoms with Crippen LogP contribution in [0.25, 0.3) is 10.2 Å². The molecule has 1 atom stereocenters. The molecule has 0 aliphatic heterocycles. The second-order valence-corrected chi connectivity index (χ2v) is 6.98. The first-order valence-corrected chi connectivity index (χ1v) is 9.35. The Bertz CT molecular complexity index is 918. The van der Waals surface area contributed by atoms with Gasteiger partial charge in [0.25, 0.3) is 5.91 Å². The van der Waals surface area contributed by atoms with Crippen LogP contribution < -0.4 is 5.32 Å². The van der Waals surface area contributed by atoms with Crippen molar-refractivity contribution < 1.29 is 14.3 Å². The summed E-state index contributed by atoms with van der Waals surface area (Å²) in [6.07, 6.45) is 1.06. The minimum Gasteiger partial charge on any atom is -0.452 e. The number of anilines is 1. The summed E-state index contributed by atoms with van der Waals surface area (Å²) in [5.41, 5.74) is 4.89. The zero-order valence-corrected chi connectivity index (χ0v) is 15.5. The highest BCUT2D eigenvalue weighted by molar-refractivity contribution is 7.16. The molecular formula is C20H20N2O3S. The molecule has 26 heavy (non-hydrogen) atoms. The van der Waals surface area contributed by atoms with Crippen LogP contribution in [0.3, 0.4) is 0 Å². The Labute approximate surface area is 156 Å². The third-order valence-electron chi connectivity index (χ3n) is 4.28. The van der Waals surface area contributed by atoms with Gasteiger partial charge in [0.05, 0.1) is 21.3 Å². The van der Waals surface area contributed by atoms with Crippen molar-refractivity contribution in [3.05, 3.63) is 59.1 Å². The van der Waals surface area contributed by atoms with Crippen molar-refractivity contribution in [3.8, 4) is 0 Å². The summed E-state index contributed by atoms with van der Waals surface area (Å²) in [7, 11) is 0. The predicted octanol–water partition coefficient (Wildman–Crippen LogP) is 4.61. The van der Waals surface area contributed by atoms with Crippen molar-refractivity contribution in [2.24, 2.45) is 0 Å². The Balaban J connectivity index is 1.54. The van der Waals surface area contributed by atoms with Crippen LogP contribution in [0.2, 0.25) is 0 Å². The number of hydrogen-bond acceptors (Lipinski definition) is 5. The third kappa shape index (κ3) is 4.26. The van der Waals surface area contributed by atoms with Gasteiger partial charge in [-0.15, -0.1) is 11.3 Å². The van der Waals surface area contributed by atoms with E-state index < -0.39 is 5.97 Å². The fraction of sp³-hybridized carbons (Fsp3) is 0.250. The van der Waals surface area contributed by atoms with E-state index in [0.717, 1.165) is 16.6 Å². The average Bonchev–Trinajstić information content (AvgIpc) is 3.13. The third-order valence-corrected chi connectivity index (χ3v) is 5.07. The number of ether oxygens (including phenoxy) is 1. The van der Waals surface area contributed by atoms with E-state index in [0.29, 0.717) is 17.2 Å². The first-order chi connectivity index (χ1) is 12.6. The maximum atomic E-state index is 12.1. The Kier molecular flexibility index (Phi) is 5.63. The molecule has 2 aromatic carbocycles. The molecule has 3 aromatic rings. The molecule has 3 rings (SSSR count). The number of hydrogen-bond donors (Lipinski definition) is 1. The molecule has 5 nitrogen and oxygen atoms in total. The number of benzene rings is 2. The van der Waals surface area contributed by atoms with Crippen LogP contribution in [0, 0.1) is 0 Å². The van der Waals surface area contributed by atoms with Gasteiger partial charge in [-0.05, 0) is 48.2 Å². The lowest BCUT2D eigenvalue weighted by Gasteiger charge is -2.10. The molecule has 1 N–H and O–H groups in total. The number of fused-ring (bicyclic) bond motifs is 1. The predicted molar refractivity (Wildman–Crippen MR) is 104 cm³/mol. The second kappa shape index (κ2) is 8.10. The van der Waals surface area contributed by atoms with Gasteiger partial charge in [-0.1, -0.05) is 26.0 Å². The first kappa shape index (κ1) is 18.1. The van der Waals surface area contributed by atoms with E-state index in [1.54, 1.807) is 23.7 Å². The number of carbonyl (C=O) groups is 2. The van der Waals surface area contributed by atoms with Crippen molar-refractivity contribution >= 4 is 39.1 Å². The van der Waals surface area contributed by atoms with Gasteiger partial charge in [-0.3, -0.25) is 4.79 Å². The van der Waals surface area contributed by atoms with Crippen LogP contribution in [0.5, 0.6) is 0 Å². The average molecular weight is 368 g/mol. The normalized spacial score (nSPS) is 11.9. The molecule has 0 spiro atoms. The van der Waals surface area contributed by atoms with E-state index >= 15 is 0 Å². The fourth-order valence-corrected chi connectivity index (χ4v) is 3.24. The Hall–Kier alpha value is -2.73. The van der Waals surface area contributed by atoms with Gasteiger partial charge >= 0.3 is 5.97 Å². The Morgan fingerprint density at radius 2 is 1.96 bits per heavy atom. The number of thiazole rings is 1. The van der Waals surface area contributed by atoms with Gasteiger partial charge < -0.3 is 10.1 Å². The van der Waals surface area contributed by atoms with Crippen molar-refractivity contribution in [1.82, 2.24) is 4.98 Å². The SMILES string of the molecule is CCC(C)c1ccc(NC(=O)COC(=O)c2ccc3ncsc3c2)cc1. The van der Waals surface area contributed by atoms with Crippen LogP contribution in [0.4, 0.5) is 5.69 Å². The van der Waals surface area contributed by atoms with Crippen molar-refractivity contribution in [1.29, 1.82) is 0 Å². The molecule has 1 amide bonds. The van der Waals surface area contributed by atoms with Gasteiger partial charge in [0.15, 0.2) is 6.61 Å². The molecule has 0 saturated heterocycles. The lowest BCUT2D eigenvalue weighted by molar-refractivity contribution is -0.119. The summed E-state index contributed by atoms with van der Waals surface area (Å²) in [5, 5.41) is 2.73. The van der Waals surface area contributed by atoms with Gasteiger partial charge in [0, 0.05) is 5.69 Å². The number of nitrogens with one attached hydrogen (secondary N) is 1. The lowest BCUT2D eigenvalue weighted by Crippen LogP contribution is -2.20. The molecule has 0 aliphatic carbocycles. The molecule has 1 aromatic heterocycles. The molecule has 0 bridgehead atoms. The number of aromatic nitrogens is 1. The number of esters is 1. The monoisotopic (exact) mass is 368 g/mol. The summed E-state index contributed by atoms with van der Waals surface area (Å²) >= 11 is 1.45. The second-order valence-electron chi connectivity index (χ2n) is 6.09. The van der Waals surface area contributed by atoms with Gasteiger partial charge in [-0.25, -0.2) is 9.78 Å². The maximum absolute atomic E-state index is 12.1. The number of amides is 1. The van der Waals surface area contributed by atoms with E-state index in [1.165, 1.54) is 16.9 Å². The summed E-state index contributed by atoms with van der Waals surface area (Å²) in [6, 6.07) is 12.9. The molecule has 0 radical (unpaired) electrons. The number of nitrogens with zero attached hydrogens (tertiary/aromatic N) is 1. The summed E-state index contributed by atoms with van der Waals surface area (Å²) in [4.78, 5) is 28.3. The van der Waals surface area contributed by atoms with Crippen molar-refractivity contribution in [2.45, 2.75) is 26.2 Å². The standard InChI is InChI=1S/C20H20N2O3S/c1-3-13(2)14-4-7-16(8-5-14)22-19(23)11-25-20(24)15-6-9-17-18(10-15)26-12-21-17/h4-10,12-13H,3,11H2,1-2H3,(H,22,23). The molecule has 6 heteroatoms. The molecule has 0 aliphatic rings. The molecule has 1 heterocycles. The smallest absolute Gasteiger partial charge is 0.338 e. The van der Waals surface area contributed by atoms with Crippen LogP contribution in [-0.4, -0.2) is 23.5 Å². The van der Waals surface area contributed by atoms with E-state index in [1.807, 2.05) is 24.3 Å². The van der Waals surface area contributed by atoms with Crippen LogP contribution >= 0.6 is 11.3 Å². The summed E-state index contributed by atoms with van der Waals surface area (Å²) in [6.45, 7) is 3.98. The zero-order valence-electron chi connectivity index (χ0n) is 14.7. The van der Waals surface area contributed by atoms with Crippen molar-refractivity contribution in [2.75, 3.05) is 11.9 Å². The molecule has 134 valence electrons. The van der Waals surface area contributed by atoms with Crippen LogP contribution in [-0.2, 0) is 9.53 Å². The van der Waals surface area contributed by atoms with E-state index in [-0.39, 0.29) is 12.5 Å². The summed E-state index contributed by atoms with van der Waals surface area (Å²) in [5.74, 6) is -0.410. The highest BCUT2D eigenvalue weighted by Crippen LogP contribution is 2.21. The van der Waals surface area contributed by atoms with Crippen LogP contribution in [0.15, 0.2) is 48.0 Å². The zero-order chi connectivity index (χ0) is 18.5. The van der Waals surface area contributed by atoms with Gasteiger partial charge in [-0.2, -0.15) is 0 Å². The quantitative estimate of drug-likeness (QED) is 0.645. The molecule has 0 saturated carbocycles. The molecule has 1 unspecified atom stereocenters. The van der Waals surface area contributed by atoms with Gasteiger partial charge in [0.1, 0.15) is 0 Å². The minimum absolute atomic E-state index is 0.327. The molecular weight excluding hydrogens is 348 g/mol. The van der Waals surface area contributed by atoms with E-state index in [9.17, 15) is 9.59 Å². The van der Waals surface area contributed by atoms with E-state index in [2.05, 4.69) is 24.1 Å². The largest absolute Gasteiger partial charge is 0.452 e. The van der Waals surface area contributed by atoms with Gasteiger partial charge in [0.2, 0.25) is 0 Å². The fourth-order valence-electron chi connectivity index (χ4n) is 2.52. The number of carbonyl (C=O) groups excluding carboxylic acids is 2. The number of rotatable bonds is 6.